The first-order valence-electron chi connectivity index (χ1n) is 6.61. The van der Waals surface area contributed by atoms with Gasteiger partial charge in [0.15, 0.2) is 11.6 Å². The number of carbonyl (C=O) groups is 2. The van der Waals surface area contributed by atoms with Crippen molar-refractivity contribution in [3.05, 3.63) is 29.8 Å². The van der Waals surface area contributed by atoms with E-state index in [1.54, 1.807) is 0 Å². The minimum Gasteiger partial charge on any atom is -0.481 e. The number of halogens is 2. The molecule has 2 bridgehead atoms. The van der Waals surface area contributed by atoms with E-state index in [-0.39, 0.29) is 5.69 Å². The summed E-state index contributed by atoms with van der Waals surface area (Å²) in [6, 6.07) is 2.98. The van der Waals surface area contributed by atoms with Crippen molar-refractivity contribution in [2.75, 3.05) is 5.32 Å². The summed E-state index contributed by atoms with van der Waals surface area (Å²) in [5.74, 6) is -5.41. The van der Waals surface area contributed by atoms with Crippen LogP contribution in [0.4, 0.5) is 14.5 Å². The van der Waals surface area contributed by atoms with E-state index in [0.717, 1.165) is 12.1 Å². The van der Waals surface area contributed by atoms with Crippen LogP contribution in [0.15, 0.2) is 18.2 Å². The third-order valence-electron chi connectivity index (χ3n) is 4.05. The molecule has 21 heavy (non-hydrogen) atoms. The van der Waals surface area contributed by atoms with Gasteiger partial charge in [-0.15, -0.1) is 0 Å². The molecule has 0 aliphatic carbocycles. The molecule has 2 heterocycles. The zero-order chi connectivity index (χ0) is 15.1. The highest BCUT2D eigenvalue weighted by Gasteiger charge is 2.55. The summed E-state index contributed by atoms with van der Waals surface area (Å²) < 4.78 is 31.4. The molecule has 0 unspecified atom stereocenters. The summed E-state index contributed by atoms with van der Waals surface area (Å²) in [6.45, 7) is 0. The minimum atomic E-state index is -1.08. The number of carboxylic acids is 1. The second-order valence-electron chi connectivity index (χ2n) is 5.30. The van der Waals surface area contributed by atoms with Crippen molar-refractivity contribution in [3.63, 3.8) is 0 Å². The van der Waals surface area contributed by atoms with Crippen LogP contribution >= 0.6 is 0 Å². The highest BCUT2D eigenvalue weighted by molar-refractivity contribution is 5.96. The Morgan fingerprint density at radius 3 is 2.43 bits per heavy atom. The fraction of sp³-hybridized carbons (Fsp3) is 0.429. The van der Waals surface area contributed by atoms with Gasteiger partial charge in [-0.05, 0) is 25.0 Å². The van der Waals surface area contributed by atoms with Crippen molar-refractivity contribution in [1.29, 1.82) is 0 Å². The van der Waals surface area contributed by atoms with Crippen molar-refractivity contribution >= 4 is 17.6 Å². The minimum absolute atomic E-state index is 0.0887. The molecule has 2 fully saturated rings. The Labute approximate surface area is 118 Å². The summed E-state index contributed by atoms with van der Waals surface area (Å²) in [5.41, 5.74) is 0.0887. The Bertz CT molecular complexity index is 607. The number of benzene rings is 1. The molecule has 2 aliphatic heterocycles. The molecular formula is C14H13F2NO4. The number of hydrogen-bond acceptors (Lipinski definition) is 3. The average Bonchev–Trinajstić information content (AvgIpc) is 3.03. The topological polar surface area (TPSA) is 75.6 Å². The van der Waals surface area contributed by atoms with Crippen LogP contribution in [0.3, 0.4) is 0 Å². The zero-order valence-corrected chi connectivity index (χ0v) is 10.9. The van der Waals surface area contributed by atoms with E-state index in [1.807, 2.05) is 0 Å². The Balaban J connectivity index is 1.78. The van der Waals surface area contributed by atoms with Crippen molar-refractivity contribution in [3.8, 4) is 0 Å². The largest absolute Gasteiger partial charge is 0.481 e. The molecular weight excluding hydrogens is 284 g/mol. The van der Waals surface area contributed by atoms with Crippen LogP contribution < -0.4 is 5.32 Å². The lowest BCUT2D eigenvalue weighted by molar-refractivity contribution is -0.147. The Kier molecular flexibility index (Phi) is 3.36. The van der Waals surface area contributed by atoms with E-state index in [1.165, 1.54) is 6.07 Å². The number of carbonyl (C=O) groups excluding carboxylic acids is 1. The van der Waals surface area contributed by atoms with E-state index in [4.69, 9.17) is 4.74 Å². The molecule has 112 valence electrons. The second kappa shape index (κ2) is 5.07. The summed E-state index contributed by atoms with van der Waals surface area (Å²) in [6.07, 6.45) is 0.371. The van der Waals surface area contributed by atoms with Gasteiger partial charge < -0.3 is 15.2 Å². The maximum Gasteiger partial charge on any atom is 0.310 e. The molecule has 4 atom stereocenters. The van der Waals surface area contributed by atoms with Gasteiger partial charge in [-0.3, -0.25) is 9.59 Å². The third-order valence-corrected chi connectivity index (χ3v) is 4.05. The molecule has 5 nitrogen and oxygen atoms in total. The number of hydrogen-bond donors (Lipinski definition) is 2. The first-order chi connectivity index (χ1) is 9.97. The SMILES string of the molecule is O=C(Nc1ccc(F)c(F)c1)[C@@H]1[C@@H](C(=O)O)[C@H]2CC[C@@H]1O2. The van der Waals surface area contributed by atoms with Crippen LogP contribution in [-0.2, 0) is 14.3 Å². The maximum absolute atomic E-state index is 13.1. The van der Waals surface area contributed by atoms with E-state index in [9.17, 15) is 23.5 Å². The lowest BCUT2D eigenvalue weighted by Gasteiger charge is -2.23. The first kappa shape index (κ1) is 13.9. The lowest BCUT2D eigenvalue weighted by atomic mass is 9.78. The number of aliphatic carboxylic acids is 1. The van der Waals surface area contributed by atoms with Gasteiger partial charge in [-0.25, -0.2) is 8.78 Å². The van der Waals surface area contributed by atoms with Gasteiger partial charge >= 0.3 is 5.97 Å². The number of fused-ring (bicyclic) bond motifs is 2. The predicted molar refractivity (Wildman–Crippen MR) is 67.5 cm³/mol. The monoisotopic (exact) mass is 297 g/mol. The van der Waals surface area contributed by atoms with Gasteiger partial charge in [-0.1, -0.05) is 0 Å². The number of ether oxygens (including phenoxy) is 1. The number of anilines is 1. The number of nitrogens with one attached hydrogen (secondary N) is 1. The Hall–Kier alpha value is -2.02. The van der Waals surface area contributed by atoms with Crippen molar-refractivity contribution in [2.24, 2.45) is 11.8 Å². The number of rotatable bonds is 3. The maximum atomic E-state index is 13.1. The summed E-state index contributed by atoms with van der Waals surface area (Å²) in [4.78, 5) is 23.5. The van der Waals surface area contributed by atoms with Crippen molar-refractivity contribution in [1.82, 2.24) is 0 Å². The molecule has 2 saturated heterocycles. The summed E-state index contributed by atoms with van der Waals surface area (Å²) in [5, 5.41) is 11.7. The van der Waals surface area contributed by atoms with Gasteiger partial charge in [0.1, 0.15) is 0 Å². The fourth-order valence-electron chi connectivity index (χ4n) is 3.12. The zero-order valence-electron chi connectivity index (χ0n) is 10.9. The molecule has 1 amide bonds. The smallest absolute Gasteiger partial charge is 0.310 e. The van der Waals surface area contributed by atoms with Gasteiger partial charge in [-0.2, -0.15) is 0 Å². The van der Waals surface area contributed by atoms with Gasteiger partial charge in [0, 0.05) is 11.8 Å². The summed E-state index contributed by atoms with van der Waals surface area (Å²) >= 11 is 0. The van der Waals surface area contributed by atoms with Gasteiger partial charge in [0.25, 0.3) is 0 Å². The molecule has 2 N–H and O–H groups in total. The van der Waals surface area contributed by atoms with Crippen molar-refractivity contribution < 1.29 is 28.2 Å². The quantitative estimate of drug-likeness (QED) is 0.891. The van der Waals surface area contributed by atoms with E-state index < -0.39 is 47.6 Å². The average molecular weight is 297 g/mol. The van der Waals surface area contributed by atoms with Crippen LogP contribution in [0, 0.1) is 23.5 Å². The van der Waals surface area contributed by atoms with Crippen LogP contribution in [0.5, 0.6) is 0 Å². The highest BCUT2D eigenvalue weighted by Crippen LogP contribution is 2.44. The molecule has 0 spiro atoms. The van der Waals surface area contributed by atoms with Crippen molar-refractivity contribution in [2.45, 2.75) is 25.0 Å². The molecule has 7 heteroatoms. The second-order valence-corrected chi connectivity index (χ2v) is 5.30. The van der Waals surface area contributed by atoms with Crippen LogP contribution in [-0.4, -0.2) is 29.2 Å². The normalized spacial score (nSPS) is 30.4. The highest BCUT2D eigenvalue weighted by atomic mass is 19.2. The molecule has 1 aromatic rings. The fourth-order valence-corrected chi connectivity index (χ4v) is 3.12. The van der Waals surface area contributed by atoms with Crippen LogP contribution in [0.1, 0.15) is 12.8 Å². The molecule has 3 rings (SSSR count). The predicted octanol–water partition coefficient (Wildman–Crippen LogP) is 1.78. The molecule has 1 aromatic carbocycles. The molecule has 0 aromatic heterocycles. The Morgan fingerprint density at radius 2 is 1.81 bits per heavy atom. The summed E-state index contributed by atoms with van der Waals surface area (Å²) in [7, 11) is 0. The van der Waals surface area contributed by atoms with E-state index in [0.29, 0.717) is 12.8 Å². The first-order valence-corrected chi connectivity index (χ1v) is 6.61. The van der Waals surface area contributed by atoms with E-state index >= 15 is 0 Å². The van der Waals surface area contributed by atoms with Gasteiger partial charge in [0.2, 0.25) is 5.91 Å². The third kappa shape index (κ3) is 2.37. The number of carboxylic acid groups (broad SMARTS) is 1. The van der Waals surface area contributed by atoms with Crippen LogP contribution in [0.2, 0.25) is 0 Å². The Morgan fingerprint density at radius 1 is 1.14 bits per heavy atom. The molecule has 2 aliphatic rings. The van der Waals surface area contributed by atoms with Crippen LogP contribution in [0.25, 0.3) is 0 Å². The molecule has 0 radical (unpaired) electrons. The standard InChI is InChI=1S/C14H13F2NO4/c15-7-2-1-6(5-8(7)16)17-13(18)11-9-3-4-10(21-9)12(11)14(19)20/h1-2,5,9-12H,3-4H2,(H,17,18)(H,19,20)/t9-,10+,11-,12-/m0/s1. The van der Waals surface area contributed by atoms with Gasteiger partial charge in [0.05, 0.1) is 24.0 Å². The molecule has 0 saturated carbocycles. The number of amides is 1. The lowest BCUT2D eigenvalue weighted by Crippen LogP contribution is -2.40. The van der Waals surface area contributed by atoms with E-state index in [2.05, 4.69) is 5.32 Å².